The summed E-state index contributed by atoms with van der Waals surface area (Å²) in [5, 5.41) is 22.4. The molecule has 0 aromatic carbocycles. The van der Waals surface area contributed by atoms with Crippen molar-refractivity contribution in [3.05, 3.63) is 25.3 Å². The number of phosphoric acid groups is 1. The summed E-state index contributed by atoms with van der Waals surface area (Å²) in [5.41, 5.74) is 5.25. The average Bonchev–Trinajstić information content (AvgIpc) is 3.27. The molecule has 17 nitrogen and oxygen atoms in total. The van der Waals surface area contributed by atoms with Crippen LogP contribution < -0.4 is 11.1 Å². The van der Waals surface area contributed by atoms with Crippen molar-refractivity contribution in [1.29, 1.82) is 0 Å². The van der Waals surface area contributed by atoms with Crippen LogP contribution in [-0.4, -0.2) is 94.6 Å². The van der Waals surface area contributed by atoms with E-state index in [4.69, 9.17) is 24.8 Å². The molecule has 36 heavy (non-hydrogen) atoms. The Hall–Kier alpha value is -2.54. The van der Waals surface area contributed by atoms with Gasteiger partial charge in [-0.2, -0.15) is 8.42 Å². The number of nitrogens with one attached hydrogen (secondary N) is 1. The van der Waals surface area contributed by atoms with E-state index in [1.165, 1.54) is 31.1 Å². The van der Waals surface area contributed by atoms with Gasteiger partial charge in [0.05, 0.1) is 24.2 Å². The molecular weight excluding hydrogens is 527 g/mol. The number of aliphatic hydroxyl groups is 2. The van der Waals surface area contributed by atoms with Crippen molar-refractivity contribution in [2.45, 2.75) is 43.9 Å². The van der Waals surface area contributed by atoms with Crippen LogP contribution in [0, 0.1) is 0 Å². The second-order valence-electron chi connectivity index (χ2n) is 8.22. The van der Waals surface area contributed by atoms with E-state index in [9.17, 15) is 28.0 Å². The molecule has 0 aliphatic carbocycles. The summed E-state index contributed by atoms with van der Waals surface area (Å²) in [6.07, 6.45) is -1.46. The van der Waals surface area contributed by atoms with Crippen molar-refractivity contribution in [3.63, 3.8) is 0 Å². The van der Waals surface area contributed by atoms with Gasteiger partial charge in [-0.3, -0.25) is 18.4 Å². The van der Waals surface area contributed by atoms with Crippen molar-refractivity contribution in [1.82, 2.24) is 24.8 Å². The van der Waals surface area contributed by atoms with Gasteiger partial charge >= 0.3 is 7.82 Å². The smallest absolute Gasteiger partial charge is 0.387 e. The molecule has 1 fully saturated rings. The number of fused-ring (bicyclic) bond motifs is 1. The second kappa shape index (κ2) is 11.2. The lowest BCUT2D eigenvalue weighted by Crippen LogP contribution is -2.47. The number of imidazole rings is 1. The minimum Gasteiger partial charge on any atom is -0.387 e. The Labute approximate surface area is 205 Å². The van der Waals surface area contributed by atoms with Gasteiger partial charge in [-0.15, -0.1) is 0 Å². The van der Waals surface area contributed by atoms with Gasteiger partial charge in [0.2, 0.25) is 5.91 Å². The van der Waals surface area contributed by atoms with E-state index in [-0.39, 0.29) is 11.5 Å². The summed E-state index contributed by atoms with van der Waals surface area (Å²) < 4.78 is 51.3. The topological polar surface area (TPSA) is 270 Å². The summed E-state index contributed by atoms with van der Waals surface area (Å²) in [7, 11) is -8.80. The van der Waals surface area contributed by atoms with Crippen molar-refractivity contribution in [2.24, 2.45) is 0 Å². The first-order valence-electron chi connectivity index (χ1n) is 9.98. The number of nitrogen functional groups attached to an aromatic ring is 1. The minimum absolute atomic E-state index is 0.142. The molecular formula is C17H27N6O11PS. The van der Waals surface area contributed by atoms with Gasteiger partial charge < -0.3 is 35.8 Å². The van der Waals surface area contributed by atoms with Crippen LogP contribution >= 0.6 is 7.82 Å². The number of carbonyl (C=O) groups is 1. The molecule has 0 unspecified atom stereocenters. The molecule has 8 N–H and O–H groups in total. The van der Waals surface area contributed by atoms with Crippen molar-refractivity contribution >= 4 is 40.8 Å². The van der Waals surface area contributed by atoms with Crippen LogP contribution in [0.1, 0.15) is 20.1 Å². The van der Waals surface area contributed by atoms with Crippen LogP contribution in [0.15, 0.2) is 25.3 Å². The van der Waals surface area contributed by atoms with E-state index in [1.807, 2.05) is 0 Å². The fraction of sp³-hybridized carbons (Fsp3) is 0.529. The predicted molar refractivity (Wildman–Crippen MR) is 122 cm³/mol. The van der Waals surface area contributed by atoms with Gasteiger partial charge in [-0.05, 0) is 19.9 Å². The van der Waals surface area contributed by atoms with Gasteiger partial charge in [-0.1, -0.05) is 6.58 Å². The zero-order valence-corrected chi connectivity index (χ0v) is 20.8. The van der Waals surface area contributed by atoms with E-state index in [0.29, 0.717) is 5.52 Å². The number of ether oxygens (including phenoxy) is 1. The van der Waals surface area contributed by atoms with Crippen molar-refractivity contribution in [2.75, 3.05) is 18.1 Å². The fourth-order valence-electron chi connectivity index (χ4n) is 3.20. The predicted octanol–water partition coefficient (Wildman–Crippen LogP) is -1.91. The number of aliphatic hydroxyl groups excluding tert-OH is 2. The zero-order chi connectivity index (χ0) is 27.5. The summed E-state index contributed by atoms with van der Waals surface area (Å²) in [4.78, 5) is 40.0. The summed E-state index contributed by atoms with van der Waals surface area (Å²) in [6.45, 7) is 5.60. The molecule has 0 bridgehead atoms. The van der Waals surface area contributed by atoms with Crippen LogP contribution in [0.3, 0.4) is 0 Å². The molecule has 1 saturated heterocycles. The second-order valence-corrected chi connectivity index (χ2v) is 10.9. The van der Waals surface area contributed by atoms with Crippen LogP contribution in [-0.2, 0) is 28.7 Å². The normalized spacial score (nSPS) is 22.6. The molecule has 0 spiro atoms. The highest BCUT2D eigenvalue weighted by Crippen LogP contribution is 2.38. The number of hydrogen-bond donors (Lipinski definition) is 7. The van der Waals surface area contributed by atoms with Gasteiger partial charge in [0, 0.05) is 0 Å². The van der Waals surface area contributed by atoms with E-state index in [0.717, 1.165) is 6.08 Å². The number of anilines is 1. The fourth-order valence-corrected chi connectivity index (χ4v) is 4.53. The standard InChI is InChI=1S/C10H14N5O7P.C7H13NO4S/c11-8-5-9(13-2-12-8)15(3-14-5)10-7(17)6(16)4(22-10)1-21-23(18,19)20;1-4-6(9)8-7(2,3)5-13(10,11)12/h2-4,6-7,10,16-17H,1H2,(H2,11,12,13)(H2,18,19,20);4H,1,5H2,2-3H3,(H,8,9)(H,10,11,12)/t4-,6-,7-,10-;/m1./s1. The molecule has 1 aliphatic rings. The third kappa shape index (κ3) is 8.26. The molecule has 1 amide bonds. The van der Waals surface area contributed by atoms with Crippen molar-refractivity contribution in [3.8, 4) is 0 Å². The maximum atomic E-state index is 10.8. The monoisotopic (exact) mass is 554 g/mol. The highest BCUT2D eigenvalue weighted by molar-refractivity contribution is 7.85. The number of aromatic nitrogens is 4. The molecule has 4 atom stereocenters. The lowest BCUT2D eigenvalue weighted by Gasteiger charge is -2.23. The third-order valence-electron chi connectivity index (χ3n) is 4.60. The Morgan fingerprint density at radius 2 is 1.97 bits per heavy atom. The van der Waals surface area contributed by atoms with Gasteiger partial charge in [0.15, 0.2) is 17.7 Å². The van der Waals surface area contributed by atoms with Gasteiger partial charge in [0.25, 0.3) is 10.1 Å². The van der Waals surface area contributed by atoms with E-state index in [1.54, 1.807) is 0 Å². The highest BCUT2D eigenvalue weighted by atomic mass is 32.2. The summed E-state index contributed by atoms with van der Waals surface area (Å²) in [6, 6.07) is 0. The molecule has 2 aromatic rings. The van der Waals surface area contributed by atoms with Crippen LogP contribution in [0.2, 0.25) is 0 Å². The summed E-state index contributed by atoms with van der Waals surface area (Å²) in [5.74, 6) is -0.864. The molecule has 0 radical (unpaired) electrons. The Balaban J connectivity index is 0.000000302. The molecule has 1 aliphatic heterocycles. The number of nitrogens with two attached hydrogens (primary N) is 1. The first-order chi connectivity index (χ1) is 16.4. The molecule has 3 heterocycles. The molecule has 0 saturated carbocycles. The quantitative estimate of drug-likeness (QED) is 0.107. The number of carbonyl (C=O) groups excluding carboxylic acids is 1. The molecule has 19 heteroatoms. The molecule has 2 aromatic heterocycles. The largest absolute Gasteiger partial charge is 0.469 e. The van der Waals surface area contributed by atoms with Gasteiger partial charge in [-0.25, -0.2) is 19.5 Å². The first kappa shape index (κ1) is 29.7. The number of hydrogen-bond acceptors (Lipinski definition) is 12. The maximum absolute atomic E-state index is 10.8. The zero-order valence-electron chi connectivity index (χ0n) is 19.1. The number of rotatable bonds is 8. The van der Waals surface area contributed by atoms with Crippen molar-refractivity contribution < 1.29 is 51.6 Å². The highest BCUT2D eigenvalue weighted by Gasteiger charge is 2.45. The Morgan fingerprint density at radius 3 is 2.53 bits per heavy atom. The van der Waals surface area contributed by atoms with Gasteiger partial charge in [0.1, 0.15) is 30.2 Å². The molecule has 3 rings (SSSR count). The van der Waals surface area contributed by atoms with Crippen LogP contribution in [0.4, 0.5) is 5.82 Å². The SMILES string of the molecule is C=CC(=O)NC(C)(C)CS(=O)(=O)O.Nc1ncnc2c1ncn2[C@@H]1O[C@H](COP(=O)(O)O)[C@@H](O)[C@H]1O. The van der Waals surface area contributed by atoms with E-state index in [2.05, 4.69) is 31.4 Å². The van der Waals surface area contributed by atoms with Crippen LogP contribution in [0.5, 0.6) is 0 Å². The Bertz CT molecular complexity index is 1250. The van der Waals surface area contributed by atoms with E-state index >= 15 is 0 Å². The number of nitrogens with zero attached hydrogens (tertiary/aromatic N) is 4. The number of phosphoric ester groups is 1. The summed E-state index contributed by atoms with van der Waals surface area (Å²) >= 11 is 0. The molecule has 202 valence electrons. The Kier molecular flexibility index (Phi) is 9.27. The first-order valence-corrected chi connectivity index (χ1v) is 13.1. The lowest BCUT2D eigenvalue weighted by atomic mass is 10.1. The average molecular weight is 554 g/mol. The lowest BCUT2D eigenvalue weighted by molar-refractivity contribution is -0.117. The number of amides is 1. The minimum atomic E-state index is -4.72. The third-order valence-corrected chi connectivity index (χ3v) is 6.17. The van der Waals surface area contributed by atoms with Crippen LogP contribution in [0.25, 0.3) is 11.2 Å². The van der Waals surface area contributed by atoms with E-state index < -0.39 is 66.3 Å². The Morgan fingerprint density at radius 1 is 1.33 bits per heavy atom. The maximum Gasteiger partial charge on any atom is 0.469 e.